The number of benzene rings is 1. The SMILES string of the molecule is COCc1nc(C)cc(N2CCc3cc(F)ccc3C2)n1. The molecule has 4 nitrogen and oxygen atoms in total. The predicted molar refractivity (Wildman–Crippen MR) is 78.6 cm³/mol. The summed E-state index contributed by atoms with van der Waals surface area (Å²) in [4.78, 5) is 11.1. The van der Waals surface area contributed by atoms with Gasteiger partial charge >= 0.3 is 0 Å². The molecule has 0 saturated heterocycles. The zero-order valence-corrected chi connectivity index (χ0v) is 12.3. The summed E-state index contributed by atoms with van der Waals surface area (Å²) >= 11 is 0. The molecule has 21 heavy (non-hydrogen) atoms. The molecule has 0 atom stereocenters. The van der Waals surface area contributed by atoms with Crippen molar-refractivity contribution in [1.29, 1.82) is 0 Å². The largest absolute Gasteiger partial charge is 0.377 e. The Kier molecular flexibility index (Phi) is 3.84. The summed E-state index contributed by atoms with van der Waals surface area (Å²) < 4.78 is 18.4. The Bertz CT molecular complexity index is 660. The molecule has 0 amide bonds. The maximum Gasteiger partial charge on any atom is 0.156 e. The molecule has 0 saturated carbocycles. The fraction of sp³-hybridized carbons (Fsp3) is 0.375. The van der Waals surface area contributed by atoms with Crippen molar-refractivity contribution < 1.29 is 9.13 Å². The summed E-state index contributed by atoms with van der Waals surface area (Å²) in [5.74, 6) is 1.43. The van der Waals surface area contributed by atoms with Crippen molar-refractivity contribution in [3.8, 4) is 0 Å². The number of nitrogens with zero attached hydrogens (tertiary/aromatic N) is 3. The summed E-state index contributed by atoms with van der Waals surface area (Å²) in [6, 6.07) is 6.99. The van der Waals surface area contributed by atoms with E-state index in [4.69, 9.17) is 4.74 Å². The van der Waals surface area contributed by atoms with Crippen molar-refractivity contribution in [3.63, 3.8) is 0 Å². The third-order valence-electron chi connectivity index (χ3n) is 3.67. The third-order valence-corrected chi connectivity index (χ3v) is 3.67. The number of hydrogen-bond acceptors (Lipinski definition) is 4. The second-order valence-electron chi connectivity index (χ2n) is 5.30. The first-order valence-electron chi connectivity index (χ1n) is 7.01. The summed E-state index contributed by atoms with van der Waals surface area (Å²) in [7, 11) is 1.64. The Labute approximate surface area is 123 Å². The lowest BCUT2D eigenvalue weighted by Crippen LogP contribution is -2.31. The van der Waals surface area contributed by atoms with Crippen molar-refractivity contribution in [2.45, 2.75) is 26.5 Å². The lowest BCUT2D eigenvalue weighted by atomic mass is 9.99. The van der Waals surface area contributed by atoms with Gasteiger partial charge < -0.3 is 9.64 Å². The molecule has 0 unspecified atom stereocenters. The molecule has 0 N–H and O–H groups in total. The highest BCUT2D eigenvalue weighted by atomic mass is 19.1. The normalized spacial score (nSPS) is 14.1. The number of anilines is 1. The van der Waals surface area contributed by atoms with Crippen LogP contribution in [0.4, 0.5) is 10.2 Å². The maximum absolute atomic E-state index is 13.3. The average molecular weight is 287 g/mol. The van der Waals surface area contributed by atoms with Crippen LogP contribution in [-0.4, -0.2) is 23.6 Å². The molecule has 1 aromatic carbocycles. The van der Waals surface area contributed by atoms with Gasteiger partial charge in [-0.25, -0.2) is 14.4 Å². The monoisotopic (exact) mass is 287 g/mol. The van der Waals surface area contributed by atoms with Crippen LogP contribution in [0.2, 0.25) is 0 Å². The van der Waals surface area contributed by atoms with Crippen molar-refractivity contribution in [2.24, 2.45) is 0 Å². The Morgan fingerprint density at radius 2 is 2.10 bits per heavy atom. The van der Waals surface area contributed by atoms with Gasteiger partial charge in [0.25, 0.3) is 0 Å². The van der Waals surface area contributed by atoms with E-state index in [0.717, 1.165) is 42.1 Å². The number of ether oxygens (including phenoxy) is 1. The predicted octanol–water partition coefficient (Wildman–Crippen LogP) is 2.63. The molecule has 0 bridgehead atoms. The number of hydrogen-bond donors (Lipinski definition) is 0. The second-order valence-corrected chi connectivity index (χ2v) is 5.30. The second kappa shape index (κ2) is 5.77. The van der Waals surface area contributed by atoms with Crippen LogP contribution in [0.1, 0.15) is 22.6 Å². The Hall–Kier alpha value is -2.01. The summed E-state index contributed by atoms with van der Waals surface area (Å²) in [6.07, 6.45) is 0.829. The van der Waals surface area contributed by atoms with Gasteiger partial charge in [-0.1, -0.05) is 6.07 Å². The Morgan fingerprint density at radius 1 is 1.24 bits per heavy atom. The number of halogens is 1. The lowest BCUT2D eigenvalue weighted by Gasteiger charge is -2.30. The molecule has 5 heteroatoms. The standard InChI is InChI=1S/C16H18FN3O/c1-11-7-16(19-15(18-11)10-21-2)20-6-5-12-8-14(17)4-3-13(12)9-20/h3-4,7-8H,5-6,9-10H2,1-2H3. The van der Waals surface area contributed by atoms with E-state index in [9.17, 15) is 4.39 Å². The van der Waals surface area contributed by atoms with Crippen molar-refractivity contribution in [1.82, 2.24) is 9.97 Å². The van der Waals surface area contributed by atoms with E-state index in [1.165, 1.54) is 6.07 Å². The zero-order chi connectivity index (χ0) is 14.8. The highest BCUT2D eigenvalue weighted by Gasteiger charge is 2.18. The maximum atomic E-state index is 13.3. The number of fused-ring (bicyclic) bond motifs is 1. The van der Waals surface area contributed by atoms with Crippen LogP contribution in [0.25, 0.3) is 0 Å². The van der Waals surface area contributed by atoms with Gasteiger partial charge in [0.15, 0.2) is 5.82 Å². The van der Waals surface area contributed by atoms with Gasteiger partial charge in [-0.2, -0.15) is 0 Å². The molecule has 0 radical (unpaired) electrons. The molecule has 0 spiro atoms. The quantitative estimate of drug-likeness (QED) is 0.870. The van der Waals surface area contributed by atoms with Crippen molar-refractivity contribution in [3.05, 3.63) is 52.7 Å². The van der Waals surface area contributed by atoms with E-state index in [1.807, 2.05) is 19.1 Å². The number of aryl methyl sites for hydroxylation is 1. The highest BCUT2D eigenvalue weighted by Crippen LogP contribution is 2.24. The smallest absolute Gasteiger partial charge is 0.156 e. The van der Waals surface area contributed by atoms with Crippen molar-refractivity contribution in [2.75, 3.05) is 18.6 Å². The molecule has 0 fully saturated rings. The first-order chi connectivity index (χ1) is 10.2. The molecular weight excluding hydrogens is 269 g/mol. The van der Waals surface area contributed by atoms with Crippen LogP contribution in [0.15, 0.2) is 24.3 Å². The molecular formula is C16H18FN3O. The first-order valence-corrected chi connectivity index (χ1v) is 7.01. The van der Waals surface area contributed by atoms with Gasteiger partial charge in [0.05, 0.1) is 0 Å². The van der Waals surface area contributed by atoms with Gasteiger partial charge in [0, 0.05) is 32.0 Å². The Balaban J connectivity index is 1.87. The highest BCUT2D eigenvalue weighted by molar-refractivity contribution is 5.45. The third kappa shape index (κ3) is 3.03. The number of aromatic nitrogens is 2. The molecule has 110 valence electrons. The van der Waals surface area contributed by atoms with Gasteiger partial charge in [-0.15, -0.1) is 0 Å². The average Bonchev–Trinajstić information content (AvgIpc) is 2.46. The fourth-order valence-electron chi connectivity index (χ4n) is 2.68. The molecule has 1 aliphatic rings. The zero-order valence-electron chi connectivity index (χ0n) is 12.3. The molecule has 2 aromatic rings. The fourth-order valence-corrected chi connectivity index (χ4v) is 2.68. The van der Waals surface area contributed by atoms with E-state index in [-0.39, 0.29) is 5.82 Å². The van der Waals surface area contributed by atoms with Crippen LogP contribution in [0.3, 0.4) is 0 Å². The molecule has 1 aromatic heterocycles. The minimum atomic E-state index is -0.164. The van der Waals surface area contributed by atoms with Crippen LogP contribution >= 0.6 is 0 Å². The van der Waals surface area contributed by atoms with Crippen LogP contribution < -0.4 is 4.90 Å². The van der Waals surface area contributed by atoms with E-state index in [0.29, 0.717) is 12.4 Å². The van der Waals surface area contributed by atoms with Gasteiger partial charge in [0.2, 0.25) is 0 Å². The molecule has 1 aliphatic heterocycles. The minimum absolute atomic E-state index is 0.164. The van der Waals surface area contributed by atoms with E-state index < -0.39 is 0 Å². The lowest BCUT2D eigenvalue weighted by molar-refractivity contribution is 0.177. The van der Waals surface area contributed by atoms with Crippen LogP contribution in [0, 0.1) is 12.7 Å². The molecule has 0 aliphatic carbocycles. The Morgan fingerprint density at radius 3 is 2.90 bits per heavy atom. The number of rotatable bonds is 3. The minimum Gasteiger partial charge on any atom is -0.377 e. The molecule has 3 rings (SSSR count). The summed E-state index contributed by atoms with van der Waals surface area (Å²) in [5.41, 5.74) is 3.18. The topological polar surface area (TPSA) is 38.2 Å². The van der Waals surface area contributed by atoms with Crippen molar-refractivity contribution >= 4 is 5.82 Å². The van der Waals surface area contributed by atoms with Gasteiger partial charge in [0.1, 0.15) is 18.2 Å². The van der Waals surface area contributed by atoms with Gasteiger partial charge in [-0.3, -0.25) is 0 Å². The van der Waals surface area contributed by atoms with Gasteiger partial charge in [-0.05, 0) is 36.6 Å². The van der Waals surface area contributed by atoms with E-state index in [2.05, 4.69) is 14.9 Å². The van der Waals surface area contributed by atoms with E-state index >= 15 is 0 Å². The molecule has 2 heterocycles. The van der Waals surface area contributed by atoms with Crippen LogP contribution in [-0.2, 0) is 24.3 Å². The first kappa shape index (κ1) is 13.9. The summed E-state index contributed by atoms with van der Waals surface area (Å²) in [5, 5.41) is 0. The van der Waals surface area contributed by atoms with E-state index in [1.54, 1.807) is 13.2 Å². The summed E-state index contributed by atoms with van der Waals surface area (Å²) in [6.45, 7) is 3.94. The number of methoxy groups -OCH3 is 1. The van der Waals surface area contributed by atoms with Crippen LogP contribution in [0.5, 0.6) is 0 Å².